The molecule has 0 fully saturated rings. The highest BCUT2D eigenvalue weighted by atomic mass is 32.2. The highest BCUT2D eigenvalue weighted by Crippen LogP contribution is 2.21. The van der Waals surface area contributed by atoms with Gasteiger partial charge in [-0.3, -0.25) is 4.79 Å². The van der Waals surface area contributed by atoms with Gasteiger partial charge in [-0.25, -0.2) is 0 Å². The van der Waals surface area contributed by atoms with Gasteiger partial charge in [-0.1, -0.05) is 68.1 Å². The maximum absolute atomic E-state index is 12.1. The molecule has 0 unspecified atom stereocenters. The molecule has 0 aliphatic heterocycles. The lowest BCUT2D eigenvalue weighted by atomic mass is 9.99. The van der Waals surface area contributed by atoms with Crippen molar-refractivity contribution < 1.29 is 9.21 Å². The molecule has 3 aromatic rings. The van der Waals surface area contributed by atoms with Gasteiger partial charge in [0.05, 0.1) is 12.2 Å². The molecular weight excluding hydrogens is 358 g/mol. The summed E-state index contributed by atoms with van der Waals surface area (Å²) < 4.78 is 5.60. The van der Waals surface area contributed by atoms with E-state index in [-0.39, 0.29) is 11.7 Å². The predicted molar refractivity (Wildman–Crippen MR) is 108 cm³/mol. The fourth-order valence-corrected chi connectivity index (χ4v) is 3.17. The number of nitrogens with one attached hydrogen (secondary N) is 1. The van der Waals surface area contributed by atoms with E-state index in [1.807, 2.05) is 42.5 Å². The second kappa shape index (κ2) is 9.37. The Morgan fingerprint density at radius 2 is 1.85 bits per heavy atom. The minimum Gasteiger partial charge on any atom is -0.416 e. The van der Waals surface area contributed by atoms with Crippen LogP contribution >= 0.6 is 11.8 Å². The van der Waals surface area contributed by atoms with Crippen molar-refractivity contribution in [3.8, 4) is 0 Å². The second-order valence-corrected chi connectivity index (χ2v) is 7.32. The van der Waals surface area contributed by atoms with Gasteiger partial charge in [0.15, 0.2) is 0 Å². The van der Waals surface area contributed by atoms with Crippen LogP contribution in [0.2, 0.25) is 0 Å². The molecule has 1 heterocycles. The molecule has 1 amide bonds. The molecule has 140 valence electrons. The van der Waals surface area contributed by atoms with E-state index >= 15 is 0 Å². The summed E-state index contributed by atoms with van der Waals surface area (Å²) >= 11 is 1.24. The van der Waals surface area contributed by atoms with Gasteiger partial charge in [0.1, 0.15) is 0 Å². The van der Waals surface area contributed by atoms with Crippen molar-refractivity contribution >= 4 is 23.4 Å². The van der Waals surface area contributed by atoms with Crippen LogP contribution in [0, 0.1) is 0 Å². The molecule has 0 bridgehead atoms. The first-order chi connectivity index (χ1) is 13.1. The molecule has 0 aliphatic rings. The number of carbonyl (C=O) groups is 1. The first-order valence-corrected chi connectivity index (χ1v) is 10.0. The van der Waals surface area contributed by atoms with Gasteiger partial charge in [0, 0.05) is 5.69 Å². The molecule has 0 saturated carbocycles. The number of nitrogens with zero attached hydrogens (tertiary/aromatic N) is 2. The van der Waals surface area contributed by atoms with Crippen LogP contribution in [0.15, 0.2) is 64.2 Å². The summed E-state index contributed by atoms with van der Waals surface area (Å²) in [6.45, 7) is 4.36. The summed E-state index contributed by atoms with van der Waals surface area (Å²) in [5.74, 6) is 1.19. The normalized spacial score (nSPS) is 11.9. The predicted octanol–water partition coefficient (Wildman–Crippen LogP) is 4.90. The Morgan fingerprint density at radius 3 is 2.56 bits per heavy atom. The number of anilines is 1. The molecule has 0 spiro atoms. The lowest BCUT2D eigenvalue weighted by Crippen LogP contribution is -2.14. The van der Waals surface area contributed by atoms with Crippen molar-refractivity contribution in [3.05, 3.63) is 71.6 Å². The first-order valence-electron chi connectivity index (χ1n) is 9.03. The molecular formula is C21H23N3O2S. The Morgan fingerprint density at radius 1 is 1.11 bits per heavy atom. The van der Waals surface area contributed by atoms with Crippen LogP contribution in [0.4, 0.5) is 5.69 Å². The average molecular weight is 382 g/mol. The minimum absolute atomic E-state index is 0.0981. The number of benzene rings is 2. The number of hydrogen-bond acceptors (Lipinski definition) is 5. The van der Waals surface area contributed by atoms with E-state index in [9.17, 15) is 4.79 Å². The second-order valence-electron chi connectivity index (χ2n) is 6.39. The van der Waals surface area contributed by atoms with E-state index in [1.165, 1.54) is 17.3 Å². The quantitative estimate of drug-likeness (QED) is 0.562. The molecule has 1 atom stereocenters. The van der Waals surface area contributed by atoms with Gasteiger partial charge in [-0.15, -0.1) is 10.2 Å². The molecule has 0 saturated heterocycles. The molecule has 27 heavy (non-hydrogen) atoms. The van der Waals surface area contributed by atoms with E-state index in [1.54, 1.807) is 0 Å². The number of aromatic nitrogens is 2. The number of hydrogen-bond donors (Lipinski definition) is 1. The molecule has 1 aromatic heterocycles. The fraction of sp³-hybridized carbons (Fsp3) is 0.286. The van der Waals surface area contributed by atoms with E-state index in [0.717, 1.165) is 17.7 Å². The molecule has 0 radical (unpaired) electrons. The minimum atomic E-state index is -0.0981. The van der Waals surface area contributed by atoms with Gasteiger partial charge < -0.3 is 9.73 Å². The maximum Gasteiger partial charge on any atom is 0.277 e. The van der Waals surface area contributed by atoms with Gasteiger partial charge >= 0.3 is 0 Å². The lowest BCUT2D eigenvalue weighted by Gasteiger charge is -2.10. The summed E-state index contributed by atoms with van der Waals surface area (Å²) in [6, 6.07) is 17.9. The number of rotatable bonds is 8. The topological polar surface area (TPSA) is 68.0 Å². The van der Waals surface area contributed by atoms with Gasteiger partial charge in [-0.2, -0.15) is 0 Å². The highest BCUT2D eigenvalue weighted by Gasteiger charge is 2.11. The van der Waals surface area contributed by atoms with Crippen LogP contribution in [0.3, 0.4) is 0 Å². The van der Waals surface area contributed by atoms with E-state index < -0.39 is 0 Å². The number of thioether (sulfide) groups is 1. The van der Waals surface area contributed by atoms with E-state index in [4.69, 9.17) is 4.42 Å². The summed E-state index contributed by atoms with van der Waals surface area (Å²) in [7, 11) is 0. The highest BCUT2D eigenvalue weighted by molar-refractivity contribution is 7.99. The van der Waals surface area contributed by atoms with Crippen molar-refractivity contribution in [2.45, 2.75) is 37.8 Å². The third-order valence-corrected chi connectivity index (χ3v) is 5.17. The Balaban J connectivity index is 1.48. The van der Waals surface area contributed by atoms with Gasteiger partial charge in [-0.05, 0) is 35.6 Å². The molecule has 1 N–H and O–H groups in total. The standard InChI is InChI=1S/C21H23N3O2S/c1-3-15(2)17-9-11-18(12-10-17)22-19(25)14-27-21-24-23-20(26-21)13-16-7-5-4-6-8-16/h4-12,15H,3,13-14H2,1-2H3,(H,22,25)/t15-/m0/s1. The summed E-state index contributed by atoms with van der Waals surface area (Å²) in [6.07, 6.45) is 1.68. The lowest BCUT2D eigenvalue weighted by molar-refractivity contribution is -0.113. The van der Waals surface area contributed by atoms with Crippen LogP contribution in [-0.2, 0) is 11.2 Å². The smallest absolute Gasteiger partial charge is 0.277 e. The van der Waals surface area contributed by atoms with E-state index in [0.29, 0.717) is 23.5 Å². The monoisotopic (exact) mass is 381 g/mol. The maximum atomic E-state index is 12.1. The Bertz CT molecular complexity index is 863. The molecule has 6 heteroatoms. The zero-order chi connectivity index (χ0) is 19.1. The van der Waals surface area contributed by atoms with Crippen LogP contribution in [0.5, 0.6) is 0 Å². The molecule has 2 aromatic carbocycles. The van der Waals surface area contributed by atoms with Gasteiger partial charge in [0.2, 0.25) is 11.8 Å². The van der Waals surface area contributed by atoms with Crippen LogP contribution < -0.4 is 5.32 Å². The zero-order valence-corrected chi connectivity index (χ0v) is 16.3. The van der Waals surface area contributed by atoms with Crippen LogP contribution in [0.1, 0.15) is 43.2 Å². The third-order valence-electron chi connectivity index (χ3n) is 4.35. The number of amides is 1. The van der Waals surface area contributed by atoms with Crippen molar-refractivity contribution in [2.24, 2.45) is 0 Å². The molecule has 3 rings (SSSR count). The fourth-order valence-electron chi connectivity index (χ4n) is 2.59. The van der Waals surface area contributed by atoms with Crippen molar-refractivity contribution in [1.29, 1.82) is 0 Å². The van der Waals surface area contributed by atoms with Gasteiger partial charge in [0.25, 0.3) is 5.22 Å². The van der Waals surface area contributed by atoms with Crippen molar-refractivity contribution in [3.63, 3.8) is 0 Å². The Labute approximate surface area is 163 Å². The number of carbonyl (C=O) groups excluding carboxylic acids is 1. The van der Waals surface area contributed by atoms with Crippen LogP contribution in [-0.4, -0.2) is 21.9 Å². The average Bonchev–Trinajstić information content (AvgIpc) is 3.14. The first kappa shape index (κ1) is 19.2. The molecule has 0 aliphatic carbocycles. The summed E-state index contributed by atoms with van der Waals surface area (Å²) in [5, 5.41) is 11.3. The SMILES string of the molecule is CC[C@H](C)c1ccc(NC(=O)CSc2nnc(Cc3ccccc3)o2)cc1. The van der Waals surface area contributed by atoms with E-state index in [2.05, 4.69) is 41.5 Å². The molecule has 5 nitrogen and oxygen atoms in total. The third kappa shape index (κ3) is 5.69. The largest absolute Gasteiger partial charge is 0.416 e. The Hall–Kier alpha value is -2.60. The van der Waals surface area contributed by atoms with Crippen molar-refractivity contribution in [1.82, 2.24) is 10.2 Å². The summed E-state index contributed by atoms with van der Waals surface area (Å²) in [4.78, 5) is 12.1. The zero-order valence-electron chi connectivity index (χ0n) is 15.5. The van der Waals surface area contributed by atoms with Crippen LogP contribution in [0.25, 0.3) is 0 Å². The summed E-state index contributed by atoms with van der Waals surface area (Å²) in [5.41, 5.74) is 3.18. The Kier molecular flexibility index (Phi) is 6.65. The van der Waals surface area contributed by atoms with Crippen molar-refractivity contribution in [2.75, 3.05) is 11.1 Å².